The Morgan fingerprint density at radius 3 is 2.85 bits per heavy atom. The number of fused-ring (bicyclic) bond motifs is 1. The predicted molar refractivity (Wildman–Crippen MR) is 103 cm³/mol. The van der Waals surface area contributed by atoms with Gasteiger partial charge in [-0.05, 0) is 37.5 Å². The Bertz CT molecular complexity index is 949. The lowest BCUT2D eigenvalue weighted by molar-refractivity contribution is -0.0238. The van der Waals surface area contributed by atoms with E-state index in [0.717, 1.165) is 19.4 Å². The van der Waals surface area contributed by atoms with Gasteiger partial charge >= 0.3 is 0 Å². The van der Waals surface area contributed by atoms with Gasteiger partial charge < -0.3 is 10.1 Å². The number of aromatic nitrogens is 2. The lowest BCUT2D eigenvalue weighted by Gasteiger charge is -2.32. The lowest BCUT2D eigenvalue weighted by Crippen LogP contribution is -2.29. The van der Waals surface area contributed by atoms with Crippen LogP contribution in [0.15, 0.2) is 53.3 Å². The standard InChI is InChI=1S/C21H23N3O2/c1-14-8-10-15(11-9-14)19-16(5-4-12-26-19)13-22-21-23-18-7-3-2-6-17(18)20(25)24-21/h2-3,6-11,16,19H,4-5,12-13H2,1H3,(H2,22,23,24,25). The first kappa shape index (κ1) is 16.8. The summed E-state index contributed by atoms with van der Waals surface area (Å²) in [5.74, 6) is 0.852. The number of aryl methyl sites for hydroxylation is 1. The monoisotopic (exact) mass is 349 g/mol. The van der Waals surface area contributed by atoms with Crippen LogP contribution in [0.4, 0.5) is 5.95 Å². The molecule has 134 valence electrons. The highest BCUT2D eigenvalue weighted by atomic mass is 16.5. The Morgan fingerprint density at radius 2 is 2.00 bits per heavy atom. The van der Waals surface area contributed by atoms with E-state index < -0.39 is 0 Å². The van der Waals surface area contributed by atoms with Crippen LogP contribution >= 0.6 is 0 Å². The molecule has 26 heavy (non-hydrogen) atoms. The Labute approximate surface area is 152 Å². The van der Waals surface area contributed by atoms with Gasteiger partial charge in [0.05, 0.1) is 17.0 Å². The molecule has 0 saturated carbocycles. The zero-order valence-corrected chi connectivity index (χ0v) is 14.9. The minimum Gasteiger partial charge on any atom is -0.373 e. The van der Waals surface area contributed by atoms with Crippen LogP contribution in [0.5, 0.6) is 0 Å². The van der Waals surface area contributed by atoms with Crippen LogP contribution in [0.25, 0.3) is 10.9 Å². The highest BCUT2D eigenvalue weighted by molar-refractivity contribution is 5.78. The van der Waals surface area contributed by atoms with E-state index in [9.17, 15) is 4.79 Å². The van der Waals surface area contributed by atoms with Crippen LogP contribution in [0.1, 0.15) is 30.1 Å². The molecule has 1 aromatic heterocycles. The van der Waals surface area contributed by atoms with Crippen molar-refractivity contribution in [3.8, 4) is 0 Å². The Kier molecular flexibility index (Phi) is 4.71. The van der Waals surface area contributed by atoms with Crippen molar-refractivity contribution in [1.82, 2.24) is 9.97 Å². The summed E-state index contributed by atoms with van der Waals surface area (Å²) in [5.41, 5.74) is 3.04. The Balaban J connectivity index is 1.52. The molecular weight excluding hydrogens is 326 g/mol. The summed E-state index contributed by atoms with van der Waals surface area (Å²) in [7, 11) is 0. The van der Waals surface area contributed by atoms with Gasteiger partial charge in [-0.1, -0.05) is 42.0 Å². The van der Waals surface area contributed by atoms with Gasteiger partial charge in [0, 0.05) is 19.1 Å². The van der Waals surface area contributed by atoms with Gasteiger partial charge in [0.25, 0.3) is 5.56 Å². The fraction of sp³-hybridized carbons (Fsp3) is 0.333. The average Bonchev–Trinajstić information content (AvgIpc) is 2.67. The molecule has 2 N–H and O–H groups in total. The number of nitrogens with one attached hydrogen (secondary N) is 2. The largest absolute Gasteiger partial charge is 0.373 e. The van der Waals surface area contributed by atoms with Crippen LogP contribution in [0.3, 0.4) is 0 Å². The second-order valence-corrected chi connectivity index (χ2v) is 6.92. The molecule has 0 spiro atoms. The van der Waals surface area contributed by atoms with Crippen molar-refractivity contribution in [3.63, 3.8) is 0 Å². The molecule has 0 radical (unpaired) electrons. The maximum Gasteiger partial charge on any atom is 0.260 e. The van der Waals surface area contributed by atoms with Crippen LogP contribution in [-0.2, 0) is 4.74 Å². The van der Waals surface area contributed by atoms with Crippen LogP contribution < -0.4 is 10.9 Å². The molecule has 5 heteroatoms. The third kappa shape index (κ3) is 3.48. The first-order chi connectivity index (χ1) is 12.7. The zero-order valence-electron chi connectivity index (χ0n) is 14.9. The van der Waals surface area contributed by atoms with Gasteiger partial charge in [-0.3, -0.25) is 9.78 Å². The maximum atomic E-state index is 12.2. The van der Waals surface area contributed by atoms with Gasteiger partial charge in [-0.25, -0.2) is 4.98 Å². The van der Waals surface area contributed by atoms with E-state index in [-0.39, 0.29) is 11.7 Å². The molecular formula is C21H23N3O2. The van der Waals surface area contributed by atoms with Gasteiger partial charge in [0.1, 0.15) is 0 Å². The molecule has 1 fully saturated rings. The van der Waals surface area contributed by atoms with Gasteiger partial charge in [-0.15, -0.1) is 0 Å². The van der Waals surface area contributed by atoms with E-state index in [1.807, 2.05) is 18.2 Å². The number of H-pyrrole nitrogens is 1. The van der Waals surface area contributed by atoms with Crippen molar-refractivity contribution in [2.24, 2.45) is 5.92 Å². The van der Waals surface area contributed by atoms with Crippen LogP contribution in [0, 0.1) is 12.8 Å². The van der Waals surface area contributed by atoms with E-state index in [2.05, 4.69) is 46.5 Å². The quantitative estimate of drug-likeness (QED) is 0.752. The number of benzene rings is 2. The summed E-state index contributed by atoms with van der Waals surface area (Å²) in [6.07, 6.45) is 2.21. The minimum absolute atomic E-state index is 0.0732. The molecule has 1 saturated heterocycles. The predicted octanol–water partition coefficient (Wildman–Crippen LogP) is 3.81. The first-order valence-corrected chi connectivity index (χ1v) is 9.12. The number of nitrogens with zero attached hydrogens (tertiary/aromatic N) is 1. The third-order valence-corrected chi connectivity index (χ3v) is 5.00. The van der Waals surface area contributed by atoms with E-state index in [1.54, 1.807) is 6.07 Å². The SMILES string of the molecule is Cc1ccc(C2OCCCC2CNc2nc3ccccc3c(=O)[nH]2)cc1. The van der Waals surface area contributed by atoms with E-state index >= 15 is 0 Å². The first-order valence-electron chi connectivity index (χ1n) is 9.12. The third-order valence-electron chi connectivity index (χ3n) is 5.00. The minimum atomic E-state index is -0.118. The number of aromatic amines is 1. The highest BCUT2D eigenvalue weighted by Gasteiger charge is 2.27. The molecule has 5 nitrogen and oxygen atoms in total. The molecule has 2 unspecified atom stereocenters. The van der Waals surface area contributed by atoms with Crippen molar-refractivity contribution in [2.45, 2.75) is 25.9 Å². The van der Waals surface area contributed by atoms with Crippen molar-refractivity contribution < 1.29 is 4.74 Å². The number of hydrogen-bond acceptors (Lipinski definition) is 4. The van der Waals surface area contributed by atoms with Gasteiger partial charge in [0.2, 0.25) is 5.95 Å². The summed E-state index contributed by atoms with van der Waals surface area (Å²) < 4.78 is 6.07. The second-order valence-electron chi connectivity index (χ2n) is 6.92. The molecule has 2 atom stereocenters. The lowest BCUT2D eigenvalue weighted by atomic mass is 9.89. The molecule has 3 aromatic rings. The molecule has 0 bridgehead atoms. The number of hydrogen-bond donors (Lipinski definition) is 2. The fourth-order valence-electron chi connectivity index (χ4n) is 3.57. The molecule has 2 heterocycles. The molecule has 1 aliphatic heterocycles. The summed E-state index contributed by atoms with van der Waals surface area (Å²) in [6.45, 7) is 3.59. The van der Waals surface area contributed by atoms with Gasteiger partial charge in [0.15, 0.2) is 0 Å². The van der Waals surface area contributed by atoms with Gasteiger partial charge in [-0.2, -0.15) is 0 Å². The summed E-state index contributed by atoms with van der Waals surface area (Å²) >= 11 is 0. The van der Waals surface area contributed by atoms with E-state index in [0.29, 0.717) is 29.3 Å². The summed E-state index contributed by atoms with van der Waals surface area (Å²) in [5, 5.41) is 3.92. The zero-order chi connectivity index (χ0) is 17.9. The number of anilines is 1. The molecule has 2 aromatic carbocycles. The van der Waals surface area contributed by atoms with Crippen LogP contribution in [-0.4, -0.2) is 23.1 Å². The Morgan fingerprint density at radius 1 is 1.19 bits per heavy atom. The molecule has 0 amide bonds. The maximum absolute atomic E-state index is 12.2. The normalized spacial score (nSPS) is 20.2. The Hall–Kier alpha value is -2.66. The van der Waals surface area contributed by atoms with E-state index in [4.69, 9.17) is 4.74 Å². The van der Waals surface area contributed by atoms with Crippen molar-refractivity contribution in [1.29, 1.82) is 0 Å². The fourth-order valence-corrected chi connectivity index (χ4v) is 3.57. The summed E-state index contributed by atoms with van der Waals surface area (Å²) in [6, 6.07) is 15.9. The molecule has 4 rings (SSSR count). The summed E-state index contributed by atoms with van der Waals surface area (Å²) in [4.78, 5) is 19.6. The molecule has 1 aliphatic rings. The number of para-hydroxylation sites is 1. The number of ether oxygens (including phenoxy) is 1. The number of rotatable bonds is 4. The van der Waals surface area contributed by atoms with Crippen molar-refractivity contribution >= 4 is 16.9 Å². The van der Waals surface area contributed by atoms with Crippen molar-refractivity contribution in [3.05, 3.63) is 70.0 Å². The topological polar surface area (TPSA) is 67.0 Å². The van der Waals surface area contributed by atoms with Crippen LogP contribution in [0.2, 0.25) is 0 Å². The second kappa shape index (κ2) is 7.30. The molecule has 0 aliphatic carbocycles. The smallest absolute Gasteiger partial charge is 0.260 e. The van der Waals surface area contributed by atoms with E-state index in [1.165, 1.54) is 11.1 Å². The van der Waals surface area contributed by atoms with Crippen molar-refractivity contribution in [2.75, 3.05) is 18.5 Å². The average molecular weight is 349 g/mol. The highest BCUT2D eigenvalue weighted by Crippen LogP contribution is 2.33.